The number of amides is 2. The van der Waals surface area contributed by atoms with Gasteiger partial charge >= 0.3 is 0 Å². The predicted octanol–water partition coefficient (Wildman–Crippen LogP) is 6.29. The molecule has 0 spiro atoms. The summed E-state index contributed by atoms with van der Waals surface area (Å²) in [7, 11) is 0. The number of fused-ring (bicyclic) bond motifs is 1. The molecule has 0 unspecified atom stereocenters. The van der Waals surface area contributed by atoms with Crippen LogP contribution in [0.25, 0.3) is 15.9 Å². The lowest BCUT2D eigenvalue weighted by atomic mass is 10.2. The molecule has 2 amide bonds. The predicted molar refractivity (Wildman–Crippen MR) is 147 cm³/mol. The molecular formula is C28H26N4O5S. The minimum Gasteiger partial charge on any atom is -0.492 e. The van der Waals surface area contributed by atoms with Gasteiger partial charge < -0.3 is 24.5 Å². The highest BCUT2D eigenvalue weighted by Gasteiger charge is 2.21. The molecular weight excluding hydrogens is 504 g/mol. The minimum atomic E-state index is -0.428. The fourth-order valence-electron chi connectivity index (χ4n) is 3.98. The molecule has 194 valence electrons. The molecule has 9 nitrogen and oxygen atoms in total. The summed E-state index contributed by atoms with van der Waals surface area (Å²) in [6, 6.07) is 18.1. The molecule has 0 radical (unpaired) electrons. The van der Waals surface area contributed by atoms with E-state index in [4.69, 9.17) is 13.9 Å². The van der Waals surface area contributed by atoms with Crippen LogP contribution in [0.1, 0.15) is 39.8 Å². The number of furan rings is 1. The van der Waals surface area contributed by atoms with Crippen molar-refractivity contribution >= 4 is 44.7 Å². The zero-order valence-electron chi connectivity index (χ0n) is 21.1. The van der Waals surface area contributed by atoms with Gasteiger partial charge in [0.05, 0.1) is 47.1 Å². The molecule has 2 N–H and O–H groups in total. The van der Waals surface area contributed by atoms with Crippen LogP contribution in [-0.4, -0.2) is 34.8 Å². The van der Waals surface area contributed by atoms with Gasteiger partial charge in [-0.05, 0) is 51.1 Å². The summed E-state index contributed by atoms with van der Waals surface area (Å²) in [5, 5.41) is 11.3. The van der Waals surface area contributed by atoms with Crippen LogP contribution in [0.2, 0.25) is 0 Å². The van der Waals surface area contributed by atoms with Crippen molar-refractivity contribution in [3.63, 3.8) is 0 Å². The molecule has 0 aliphatic carbocycles. The van der Waals surface area contributed by atoms with Crippen LogP contribution >= 0.6 is 11.3 Å². The number of carbonyl (C=O) groups excluding carboxylic acids is 2. The number of anilines is 2. The van der Waals surface area contributed by atoms with E-state index in [1.54, 1.807) is 24.3 Å². The molecule has 0 atom stereocenters. The van der Waals surface area contributed by atoms with Crippen molar-refractivity contribution < 1.29 is 23.5 Å². The van der Waals surface area contributed by atoms with E-state index in [0.29, 0.717) is 41.0 Å². The number of nitrogens with one attached hydrogen (secondary N) is 2. The Morgan fingerprint density at radius 2 is 1.58 bits per heavy atom. The van der Waals surface area contributed by atoms with E-state index < -0.39 is 5.91 Å². The van der Waals surface area contributed by atoms with Crippen LogP contribution in [0.15, 0.2) is 71.3 Å². The molecule has 5 aromatic rings. The summed E-state index contributed by atoms with van der Waals surface area (Å²) in [6.07, 6.45) is 1.43. The van der Waals surface area contributed by atoms with Crippen LogP contribution in [0.5, 0.6) is 11.5 Å². The van der Waals surface area contributed by atoms with Gasteiger partial charge in [0, 0.05) is 17.5 Å². The summed E-state index contributed by atoms with van der Waals surface area (Å²) >= 11 is 1.36. The molecule has 2 aromatic carbocycles. The van der Waals surface area contributed by atoms with E-state index in [0.717, 1.165) is 21.6 Å². The summed E-state index contributed by atoms with van der Waals surface area (Å²) in [5.41, 5.74) is 2.58. The number of hydrogen-bond donors (Lipinski definition) is 2. The number of aryl methyl sites for hydroxylation is 1. The normalized spacial score (nSPS) is 10.9. The average Bonchev–Trinajstić information content (AvgIpc) is 3.66. The number of ether oxygens (including phenoxy) is 2. The topological polar surface area (TPSA) is 108 Å². The zero-order chi connectivity index (χ0) is 26.6. The standard InChI is InChI=1S/C28H26N4O5S/c1-4-35-23-16-21(24(36-5-2)15-20(23)29-26(33)22-12-9-13-37-22)30-27(34)25-14-19-17(3)31-32(28(19)38-25)18-10-7-6-8-11-18/h6-16H,4-5H2,1-3H3,(H,29,33)(H,30,34). The van der Waals surface area contributed by atoms with Gasteiger partial charge in [0.15, 0.2) is 5.76 Å². The monoisotopic (exact) mass is 530 g/mol. The van der Waals surface area contributed by atoms with Crippen molar-refractivity contribution in [1.82, 2.24) is 9.78 Å². The van der Waals surface area contributed by atoms with Crippen molar-refractivity contribution in [3.8, 4) is 17.2 Å². The van der Waals surface area contributed by atoms with Crippen molar-refractivity contribution in [2.24, 2.45) is 0 Å². The van der Waals surface area contributed by atoms with Gasteiger partial charge in [-0.15, -0.1) is 11.3 Å². The van der Waals surface area contributed by atoms with Crippen LogP contribution in [0.4, 0.5) is 11.4 Å². The quantitative estimate of drug-likeness (QED) is 0.232. The molecule has 0 aliphatic heterocycles. The molecule has 3 heterocycles. The molecule has 0 aliphatic rings. The number of rotatable bonds is 9. The molecule has 0 bridgehead atoms. The first-order valence-corrected chi connectivity index (χ1v) is 12.9. The second kappa shape index (κ2) is 10.8. The Balaban J connectivity index is 1.46. The third-order valence-corrected chi connectivity index (χ3v) is 6.80. The fraction of sp³-hybridized carbons (Fsp3) is 0.179. The van der Waals surface area contributed by atoms with E-state index in [1.807, 2.05) is 61.9 Å². The van der Waals surface area contributed by atoms with Crippen LogP contribution < -0.4 is 20.1 Å². The molecule has 0 saturated heterocycles. The summed E-state index contributed by atoms with van der Waals surface area (Å²) < 4.78 is 18.6. The summed E-state index contributed by atoms with van der Waals surface area (Å²) in [6.45, 7) is 6.32. The smallest absolute Gasteiger partial charge is 0.291 e. The maximum absolute atomic E-state index is 13.4. The number of hydrogen-bond acceptors (Lipinski definition) is 7. The van der Waals surface area contributed by atoms with Crippen molar-refractivity contribution in [2.75, 3.05) is 23.8 Å². The van der Waals surface area contributed by atoms with Gasteiger partial charge in [0.25, 0.3) is 11.8 Å². The lowest BCUT2D eigenvalue weighted by Gasteiger charge is -2.17. The maximum Gasteiger partial charge on any atom is 0.291 e. The number of nitrogens with zero attached hydrogens (tertiary/aromatic N) is 2. The first-order valence-electron chi connectivity index (χ1n) is 12.1. The van der Waals surface area contributed by atoms with E-state index in [1.165, 1.54) is 17.6 Å². The number of carbonyl (C=O) groups is 2. The van der Waals surface area contributed by atoms with E-state index >= 15 is 0 Å². The Kier molecular flexibility index (Phi) is 7.14. The number of aromatic nitrogens is 2. The Morgan fingerprint density at radius 1 is 0.921 bits per heavy atom. The molecule has 3 aromatic heterocycles. The fourth-order valence-corrected chi connectivity index (χ4v) is 5.06. The third-order valence-electron chi connectivity index (χ3n) is 5.69. The third kappa shape index (κ3) is 4.98. The van der Waals surface area contributed by atoms with E-state index in [9.17, 15) is 9.59 Å². The lowest BCUT2D eigenvalue weighted by Crippen LogP contribution is -2.15. The molecule has 0 saturated carbocycles. The number of para-hydroxylation sites is 1. The van der Waals surface area contributed by atoms with Gasteiger partial charge in [-0.25, -0.2) is 4.68 Å². The van der Waals surface area contributed by atoms with Crippen molar-refractivity contribution in [1.29, 1.82) is 0 Å². The van der Waals surface area contributed by atoms with Crippen molar-refractivity contribution in [2.45, 2.75) is 20.8 Å². The van der Waals surface area contributed by atoms with Gasteiger partial charge in [-0.1, -0.05) is 18.2 Å². The SMILES string of the molecule is CCOc1cc(NC(=O)c2cc3c(C)nn(-c4ccccc4)c3s2)c(OCC)cc1NC(=O)c1ccco1. The number of benzene rings is 2. The van der Waals surface area contributed by atoms with Crippen LogP contribution in [0, 0.1) is 6.92 Å². The molecule has 0 fully saturated rings. The van der Waals surface area contributed by atoms with Gasteiger partial charge in [-0.2, -0.15) is 5.10 Å². The van der Waals surface area contributed by atoms with E-state index in [2.05, 4.69) is 15.7 Å². The Hall–Kier alpha value is -4.57. The largest absolute Gasteiger partial charge is 0.492 e. The first-order chi connectivity index (χ1) is 18.5. The summed E-state index contributed by atoms with van der Waals surface area (Å²) in [5.74, 6) is 0.228. The highest BCUT2D eigenvalue weighted by atomic mass is 32.1. The van der Waals surface area contributed by atoms with Gasteiger partial charge in [-0.3, -0.25) is 9.59 Å². The second-order valence-electron chi connectivity index (χ2n) is 8.26. The second-order valence-corrected chi connectivity index (χ2v) is 9.29. The highest BCUT2D eigenvalue weighted by molar-refractivity contribution is 7.20. The first kappa shape index (κ1) is 25.1. The van der Waals surface area contributed by atoms with E-state index in [-0.39, 0.29) is 11.7 Å². The number of thiophene rings is 1. The zero-order valence-corrected chi connectivity index (χ0v) is 21.9. The molecule has 10 heteroatoms. The minimum absolute atomic E-state index is 0.164. The van der Waals surface area contributed by atoms with Crippen LogP contribution in [0.3, 0.4) is 0 Å². The van der Waals surface area contributed by atoms with Gasteiger partial charge in [0.2, 0.25) is 0 Å². The maximum atomic E-state index is 13.4. The Labute approximate surface area is 223 Å². The van der Waals surface area contributed by atoms with Crippen molar-refractivity contribution in [3.05, 3.63) is 83.3 Å². The molecule has 38 heavy (non-hydrogen) atoms. The van der Waals surface area contributed by atoms with Crippen LogP contribution in [-0.2, 0) is 0 Å². The van der Waals surface area contributed by atoms with Gasteiger partial charge in [0.1, 0.15) is 16.3 Å². The summed E-state index contributed by atoms with van der Waals surface area (Å²) in [4.78, 5) is 27.4. The Morgan fingerprint density at radius 3 is 2.18 bits per heavy atom. The average molecular weight is 531 g/mol. The molecule has 5 rings (SSSR count). The Bertz CT molecular complexity index is 1590. The highest BCUT2D eigenvalue weighted by Crippen LogP contribution is 2.38. The lowest BCUT2D eigenvalue weighted by molar-refractivity contribution is 0.0994.